The quantitative estimate of drug-likeness (QED) is 0.500. The van der Waals surface area contributed by atoms with Crippen LogP contribution in [0.25, 0.3) is 0 Å². The lowest BCUT2D eigenvalue weighted by molar-refractivity contribution is 0.254. The van der Waals surface area contributed by atoms with Crippen molar-refractivity contribution in [3.63, 3.8) is 0 Å². The molecule has 0 fully saturated rings. The molecule has 0 spiro atoms. The maximum absolute atomic E-state index is 11.2. The van der Waals surface area contributed by atoms with Crippen molar-refractivity contribution in [3.05, 3.63) is 0 Å². The minimum absolute atomic E-state index is 0.299. The average molecular weight is 194 g/mol. The van der Waals surface area contributed by atoms with E-state index in [-0.39, 0.29) is 0 Å². The highest BCUT2D eigenvalue weighted by Crippen LogP contribution is 2.42. The summed E-state index contributed by atoms with van der Waals surface area (Å²) in [6.07, 6.45) is 3.85. The van der Waals surface area contributed by atoms with Gasteiger partial charge in [-0.05, 0) is 12.8 Å². The highest BCUT2D eigenvalue weighted by molar-refractivity contribution is 7.52. The van der Waals surface area contributed by atoms with Crippen LogP contribution in [-0.2, 0) is 9.09 Å². The molecular formula is C8H19O3P. The maximum Gasteiger partial charge on any atom is 0.328 e. The molecule has 0 saturated heterocycles. The Kier molecular flexibility index (Phi) is 6.73. The van der Waals surface area contributed by atoms with Crippen LogP contribution >= 0.6 is 7.60 Å². The van der Waals surface area contributed by atoms with E-state index in [4.69, 9.17) is 4.52 Å². The van der Waals surface area contributed by atoms with E-state index < -0.39 is 7.60 Å². The molecular weight excluding hydrogens is 175 g/mol. The van der Waals surface area contributed by atoms with Crippen molar-refractivity contribution in [3.8, 4) is 0 Å². The van der Waals surface area contributed by atoms with E-state index in [1.165, 1.54) is 0 Å². The van der Waals surface area contributed by atoms with Crippen LogP contribution in [0, 0.1) is 0 Å². The van der Waals surface area contributed by atoms with Crippen molar-refractivity contribution in [1.82, 2.24) is 0 Å². The first-order valence-electron chi connectivity index (χ1n) is 4.58. The third-order valence-electron chi connectivity index (χ3n) is 1.59. The molecule has 3 nitrogen and oxygen atoms in total. The van der Waals surface area contributed by atoms with Crippen LogP contribution in [0.1, 0.15) is 39.5 Å². The van der Waals surface area contributed by atoms with Crippen molar-refractivity contribution in [2.75, 3.05) is 12.8 Å². The summed E-state index contributed by atoms with van der Waals surface area (Å²) in [4.78, 5) is 9.21. The van der Waals surface area contributed by atoms with Crippen LogP contribution in [0.3, 0.4) is 0 Å². The SMILES string of the molecule is CCCCOP(=O)(O)CCCC. The van der Waals surface area contributed by atoms with Gasteiger partial charge in [0.2, 0.25) is 0 Å². The first-order valence-corrected chi connectivity index (χ1v) is 6.35. The van der Waals surface area contributed by atoms with Gasteiger partial charge in [-0.2, -0.15) is 0 Å². The summed E-state index contributed by atoms with van der Waals surface area (Å²) in [5.41, 5.74) is 0. The average Bonchev–Trinajstić information content (AvgIpc) is 2.01. The van der Waals surface area contributed by atoms with E-state index in [0.717, 1.165) is 25.7 Å². The largest absolute Gasteiger partial charge is 0.328 e. The number of hydrogen-bond acceptors (Lipinski definition) is 2. The Balaban J connectivity index is 3.49. The smallest absolute Gasteiger partial charge is 0.324 e. The molecule has 0 radical (unpaired) electrons. The molecule has 0 aromatic heterocycles. The second-order valence-corrected chi connectivity index (χ2v) is 4.88. The predicted octanol–water partition coefficient (Wildman–Crippen LogP) is 2.79. The normalized spacial score (nSPS) is 15.9. The fraction of sp³-hybridized carbons (Fsp3) is 1.00. The standard InChI is InChI=1S/C8H19O3P/c1-3-5-7-11-12(9,10)8-6-4-2/h3-8H2,1-2H3,(H,9,10). The van der Waals surface area contributed by atoms with E-state index in [9.17, 15) is 9.46 Å². The van der Waals surface area contributed by atoms with Gasteiger partial charge in [-0.25, -0.2) is 0 Å². The monoisotopic (exact) mass is 194 g/mol. The molecule has 0 aliphatic heterocycles. The maximum atomic E-state index is 11.2. The molecule has 0 heterocycles. The van der Waals surface area contributed by atoms with Gasteiger partial charge in [-0.1, -0.05) is 26.7 Å². The van der Waals surface area contributed by atoms with Gasteiger partial charge in [-0.3, -0.25) is 4.57 Å². The summed E-state index contributed by atoms with van der Waals surface area (Å²) < 4.78 is 16.1. The fourth-order valence-corrected chi connectivity index (χ4v) is 2.03. The van der Waals surface area contributed by atoms with Gasteiger partial charge in [0.1, 0.15) is 0 Å². The molecule has 1 N–H and O–H groups in total. The number of unbranched alkanes of at least 4 members (excludes halogenated alkanes) is 2. The van der Waals surface area contributed by atoms with Gasteiger partial charge < -0.3 is 9.42 Å². The molecule has 0 aliphatic carbocycles. The summed E-state index contributed by atoms with van der Waals surface area (Å²) in [7, 11) is -3.24. The summed E-state index contributed by atoms with van der Waals surface area (Å²) in [5, 5.41) is 0. The zero-order chi connectivity index (χ0) is 9.45. The lowest BCUT2D eigenvalue weighted by Gasteiger charge is -2.10. The third kappa shape index (κ3) is 6.84. The van der Waals surface area contributed by atoms with Gasteiger partial charge in [-0.15, -0.1) is 0 Å². The van der Waals surface area contributed by atoms with Crippen LogP contribution < -0.4 is 0 Å². The molecule has 0 rings (SSSR count). The molecule has 12 heavy (non-hydrogen) atoms. The van der Waals surface area contributed by atoms with E-state index in [1.807, 2.05) is 13.8 Å². The second kappa shape index (κ2) is 6.64. The first-order chi connectivity index (χ1) is 5.62. The first kappa shape index (κ1) is 12.2. The summed E-state index contributed by atoms with van der Waals surface area (Å²) in [5.74, 6) is 0. The minimum atomic E-state index is -3.24. The molecule has 0 aliphatic rings. The summed E-state index contributed by atoms with van der Waals surface area (Å²) in [6, 6.07) is 0. The van der Waals surface area contributed by atoms with Crippen LogP contribution in [-0.4, -0.2) is 17.7 Å². The Labute approximate surface area is 74.7 Å². The van der Waals surface area contributed by atoms with Gasteiger partial charge in [0.15, 0.2) is 0 Å². The zero-order valence-electron chi connectivity index (χ0n) is 7.95. The van der Waals surface area contributed by atoms with Crippen LogP contribution in [0.4, 0.5) is 0 Å². The Hall–Kier alpha value is 0.150. The number of rotatable bonds is 7. The van der Waals surface area contributed by atoms with Gasteiger partial charge in [0, 0.05) is 6.16 Å². The van der Waals surface area contributed by atoms with Gasteiger partial charge >= 0.3 is 7.60 Å². The Morgan fingerprint density at radius 1 is 1.25 bits per heavy atom. The van der Waals surface area contributed by atoms with Crippen molar-refractivity contribution >= 4 is 7.60 Å². The molecule has 0 saturated carbocycles. The molecule has 1 unspecified atom stereocenters. The highest BCUT2D eigenvalue weighted by atomic mass is 31.2. The molecule has 0 bridgehead atoms. The Morgan fingerprint density at radius 3 is 2.33 bits per heavy atom. The minimum Gasteiger partial charge on any atom is -0.324 e. The molecule has 1 atom stereocenters. The molecule has 0 aromatic rings. The molecule has 0 amide bonds. The topological polar surface area (TPSA) is 46.5 Å². The van der Waals surface area contributed by atoms with Crippen molar-refractivity contribution < 1.29 is 14.0 Å². The molecule has 4 heteroatoms. The van der Waals surface area contributed by atoms with Crippen LogP contribution in [0.2, 0.25) is 0 Å². The van der Waals surface area contributed by atoms with E-state index >= 15 is 0 Å². The van der Waals surface area contributed by atoms with Crippen molar-refractivity contribution in [1.29, 1.82) is 0 Å². The third-order valence-corrected chi connectivity index (χ3v) is 3.05. The lowest BCUT2D eigenvalue weighted by Crippen LogP contribution is -1.96. The van der Waals surface area contributed by atoms with Gasteiger partial charge in [0.05, 0.1) is 6.61 Å². The summed E-state index contributed by atoms with van der Waals surface area (Å²) in [6.45, 7) is 4.43. The Morgan fingerprint density at radius 2 is 1.83 bits per heavy atom. The van der Waals surface area contributed by atoms with Crippen LogP contribution in [0.15, 0.2) is 0 Å². The predicted molar refractivity (Wildman–Crippen MR) is 50.5 cm³/mol. The molecule has 0 aromatic carbocycles. The molecule has 74 valence electrons. The number of hydrogen-bond donors (Lipinski definition) is 1. The van der Waals surface area contributed by atoms with E-state index in [2.05, 4.69) is 0 Å². The van der Waals surface area contributed by atoms with E-state index in [1.54, 1.807) is 0 Å². The van der Waals surface area contributed by atoms with Crippen LogP contribution in [0.5, 0.6) is 0 Å². The van der Waals surface area contributed by atoms with Gasteiger partial charge in [0.25, 0.3) is 0 Å². The van der Waals surface area contributed by atoms with Crippen molar-refractivity contribution in [2.24, 2.45) is 0 Å². The van der Waals surface area contributed by atoms with Crippen molar-refractivity contribution in [2.45, 2.75) is 39.5 Å². The Bertz CT molecular complexity index is 147. The fourth-order valence-electron chi connectivity index (χ4n) is 0.774. The summed E-state index contributed by atoms with van der Waals surface area (Å²) >= 11 is 0. The highest BCUT2D eigenvalue weighted by Gasteiger charge is 2.17. The lowest BCUT2D eigenvalue weighted by atomic mass is 10.4. The van der Waals surface area contributed by atoms with E-state index in [0.29, 0.717) is 12.8 Å². The second-order valence-electron chi connectivity index (χ2n) is 2.90. The zero-order valence-corrected chi connectivity index (χ0v) is 8.85.